The van der Waals surface area contributed by atoms with Gasteiger partial charge < -0.3 is 5.32 Å². The topological polar surface area (TPSA) is 12.0 Å². The van der Waals surface area contributed by atoms with Gasteiger partial charge in [0.05, 0.1) is 10.0 Å². The lowest BCUT2D eigenvalue weighted by molar-refractivity contribution is 0.541. The summed E-state index contributed by atoms with van der Waals surface area (Å²) in [5.41, 5.74) is 1.60. The van der Waals surface area contributed by atoms with Gasteiger partial charge in [0.2, 0.25) is 0 Å². The molecule has 3 heteroatoms. The second kappa shape index (κ2) is 5.17. The summed E-state index contributed by atoms with van der Waals surface area (Å²) in [6.07, 6.45) is 2.41. The Morgan fingerprint density at radius 2 is 2.06 bits per heavy atom. The molecule has 0 aromatic heterocycles. The maximum atomic E-state index is 6.10. The molecule has 94 valence electrons. The maximum Gasteiger partial charge on any atom is 0.0595 e. The fourth-order valence-corrected chi connectivity index (χ4v) is 2.83. The van der Waals surface area contributed by atoms with E-state index in [1.165, 1.54) is 18.4 Å². The molecule has 1 N–H and O–H groups in total. The van der Waals surface area contributed by atoms with Crippen molar-refractivity contribution in [3.63, 3.8) is 0 Å². The molecule has 0 aliphatic heterocycles. The Morgan fingerprint density at radius 3 is 2.59 bits per heavy atom. The van der Waals surface area contributed by atoms with Crippen molar-refractivity contribution in [2.45, 2.75) is 32.1 Å². The molecule has 0 amide bonds. The summed E-state index contributed by atoms with van der Waals surface area (Å²) in [4.78, 5) is 0. The minimum absolute atomic E-state index is 0.281. The van der Waals surface area contributed by atoms with E-state index in [-0.39, 0.29) is 5.41 Å². The monoisotopic (exact) mass is 271 g/mol. The van der Waals surface area contributed by atoms with Crippen LogP contribution in [0.3, 0.4) is 0 Å². The Morgan fingerprint density at radius 1 is 1.35 bits per heavy atom. The van der Waals surface area contributed by atoms with E-state index in [1.54, 1.807) is 0 Å². The Labute approximate surface area is 114 Å². The lowest BCUT2D eigenvalue weighted by Crippen LogP contribution is -2.28. The fraction of sp³-hybridized carbons (Fsp3) is 0.571. The Balaban J connectivity index is 2.15. The second-order valence-electron chi connectivity index (χ2n) is 5.07. The van der Waals surface area contributed by atoms with Crippen LogP contribution in [0.4, 0.5) is 0 Å². The Kier molecular flexibility index (Phi) is 4.02. The standard InChI is InChI=1S/C14H19Cl2N/c1-3-6-17-9-14(8-10(14)2)11-4-5-12(15)13(16)7-11/h4-5,7,10,17H,3,6,8-9H2,1-2H3. The molecule has 17 heavy (non-hydrogen) atoms. The van der Waals surface area contributed by atoms with Gasteiger partial charge in [-0.25, -0.2) is 0 Å². The van der Waals surface area contributed by atoms with E-state index < -0.39 is 0 Å². The van der Waals surface area contributed by atoms with Crippen molar-refractivity contribution < 1.29 is 0 Å². The van der Waals surface area contributed by atoms with Gasteiger partial charge in [-0.2, -0.15) is 0 Å². The van der Waals surface area contributed by atoms with Gasteiger partial charge in [-0.15, -0.1) is 0 Å². The molecule has 0 bridgehead atoms. The summed E-state index contributed by atoms with van der Waals surface area (Å²) in [6.45, 7) is 6.61. The van der Waals surface area contributed by atoms with Crippen molar-refractivity contribution >= 4 is 23.2 Å². The zero-order valence-corrected chi connectivity index (χ0v) is 11.9. The third-order valence-electron chi connectivity index (χ3n) is 3.82. The number of nitrogens with one attached hydrogen (secondary N) is 1. The summed E-state index contributed by atoms with van der Waals surface area (Å²) >= 11 is 12.1. The molecule has 0 radical (unpaired) electrons. The van der Waals surface area contributed by atoms with Crippen molar-refractivity contribution in [3.05, 3.63) is 33.8 Å². The van der Waals surface area contributed by atoms with E-state index in [0.717, 1.165) is 19.0 Å². The van der Waals surface area contributed by atoms with Crippen LogP contribution in [0.2, 0.25) is 10.0 Å². The van der Waals surface area contributed by atoms with E-state index >= 15 is 0 Å². The van der Waals surface area contributed by atoms with E-state index in [2.05, 4.69) is 25.2 Å². The number of hydrogen-bond donors (Lipinski definition) is 1. The van der Waals surface area contributed by atoms with Gasteiger partial charge in [0, 0.05) is 12.0 Å². The van der Waals surface area contributed by atoms with Crippen LogP contribution in [0.15, 0.2) is 18.2 Å². The third-order valence-corrected chi connectivity index (χ3v) is 4.55. The highest BCUT2D eigenvalue weighted by atomic mass is 35.5. The second-order valence-corrected chi connectivity index (χ2v) is 5.88. The average Bonchev–Trinajstić information content (AvgIpc) is 2.95. The van der Waals surface area contributed by atoms with Gasteiger partial charge in [-0.3, -0.25) is 0 Å². The van der Waals surface area contributed by atoms with Crippen LogP contribution >= 0.6 is 23.2 Å². The summed E-state index contributed by atoms with van der Waals surface area (Å²) < 4.78 is 0. The highest BCUT2D eigenvalue weighted by molar-refractivity contribution is 6.42. The zero-order chi connectivity index (χ0) is 12.5. The smallest absolute Gasteiger partial charge is 0.0595 e. The van der Waals surface area contributed by atoms with Crippen LogP contribution in [-0.4, -0.2) is 13.1 Å². The van der Waals surface area contributed by atoms with Crippen LogP contribution in [0.25, 0.3) is 0 Å². The van der Waals surface area contributed by atoms with Gasteiger partial charge in [0.25, 0.3) is 0 Å². The third kappa shape index (κ3) is 2.62. The highest BCUT2D eigenvalue weighted by Gasteiger charge is 2.51. The molecule has 1 fully saturated rings. The van der Waals surface area contributed by atoms with Crippen LogP contribution in [-0.2, 0) is 5.41 Å². The summed E-state index contributed by atoms with van der Waals surface area (Å²) in [7, 11) is 0. The normalized spacial score (nSPS) is 27.2. The lowest BCUT2D eigenvalue weighted by atomic mass is 9.93. The highest BCUT2D eigenvalue weighted by Crippen LogP contribution is 2.54. The van der Waals surface area contributed by atoms with Gasteiger partial charge in [0.15, 0.2) is 0 Å². The minimum Gasteiger partial charge on any atom is -0.316 e. The molecule has 1 aromatic rings. The van der Waals surface area contributed by atoms with Gasteiger partial charge in [-0.1, -0.05) is 43.1 Å². The predicted octanol–water partition coefficient (Wildman–Crippen LogP) is 4.27. The zero-order valence-electron chi connectivity index (χ0n) is 10.4. The van der Waals surface area contributed by atoms with Gasteiger partial charge in [0.1, 0.15) is 0 Å². The SMILES string of the molecule is CCCNCC1(c2ccc(Cl)c(Cl)c2)CC1C. The summed E-state index contributed by atoms with van der Waals surface area (Å²) in [6, 6.07) is 6.05. The molecule has 2 atom stereocenters. The van der Waals surface area contributed by atoms with Crippen molar-refractivity contribution in [3.8, 4) is 0 Å². The van der Waals surface area contributed by atoms with Crippen LogP contribution in [0.1, 0.15) is 32.3 Å². The first kappa shape index (κ1) is 13.2. The summed E-state index contributed by atoms with van der Waals surface area (Å²) in [5.74, 6) is 0.726. The van der Waals surface area contributed by atoms with Crippen molar-refractivity contribution in [1.82, 2.24) is 5.32 Å². The van der Waals surface area contributed by atoms with Crippen LogP contribution < -0.4 is 5.32 Å². The first-order valence-corrected chi connectivity index (χ1v) is 7.02. The lowest BCUT2D eigenvalue weighted by Gasteiger charge is -2.18. The molecule has 2 unspecified atom stereocenters. The molecule has 0 spiro atoms. The molecule has 2 rings (SSSR count). The molecule has 0 heterocycles. The van der Waals surface area contributed by atoms with Crippen molar-refractivity contribution in [1.29, 1.82) is 0 Å². The van der Waals surface area contributed by atoms with E-state index in [4.69, 9.17) is 23.2 Å². The first-order chi connectivity index (χ1) is 8.10. The quantitative estimate of drug-likeness (QED) is 0.789. The molecule has 1 nitrogen and oxygen atoms in total. The van der Waals surface area contributed by atoms with Crippen molar-refractivity contribution in [2.75, 3.05) is 13.1 Å². The van der Waals surface area contributed by atoms with Crippen molar-refractivity contribution in [2.24, 2.45) is 5.92 Å². The fourth-order valence-electron chi connectivity index (χ4n) is 2.53. The molecule has 1 aliphatic carbocycles. The van der Waals surface area contributed by atoms with Crippen LogP contribution in [0, 0.1) is 5.92 Å². The van der Waals surface area contributed by atoms with E-state index in [1.807, 2.05) is 12.1 Å². The molecule has 1 saturated carbocycles. The first-order valence-electron chi connectivity index (χ1n) is 6.26. The predicted molar refractivity (Wildman–Crippen MR) is 75.1 cm³/mol. The number of halogens is 2. The van der Waals surface area contributed by atoms with Crippen LogP contribution in [0.5, 0.6) is 0 Å². The number of benzene rings is 1. The maximum absolute atomic E-state index is 6.10. The Bertz CT molecular complexity index is 405. The van der Waals surface area contributed by atoms with E-state index in [9.17, 15) is 0 Å². The largest absolute Gasteiger partial charge is 0.316 e. The minimum atomic E-state index is 0.281. The number of rotatable bonds is 5. The van der Waals surface area contributed by atoms with E-state index in [0.29, 0.717) is 10.0 Å². The summed E-state index contributed by atoms with van der Waals surface area (Å²) in [5, 5.41) is 4.83. The molecule has 1 aromatic carbocycles. The molecule has 0 saturated heterocycles. The van der Waals surface area contributed by atoms with Gasteiger partial charge in [-0.05, 0) is 43.0 Å². The van der Waals surface area contributed by atoms with Gasteiger partial charge >= 0.3 is 0 Å². The molecule has 1 aliphatic rings. The average molecular weight is 272 g/mol. The Hall–Kier alpha value is -0.240. The molecular formula is C14H19Cl2N. The molecular weight excluding hydrogens is 253 g/mol. The number of hydrogen-bond acceptors (Lipinski definition) is 1.